The highest BCUT2D eigenvalue weighted by atomic mass is 16.7. The smallest absolute Gasteiger partial charge is 0.160 e. The summed E-state index contributed by atoms with van der Waals surface area (Å²) in [6.07, 6.45) is 0. The Bertz CT molecular complexity index is 213. The maximum absolute atomic E-state index is 10.4. The Kier molecular flexibility index (Phi) is 6.79. The summed E-state index contributed by atoms with van der Waals surface area (Å²) in [6.45, 7) is -1.60. The molecule has 0 aliphatic carbocycles. The number of hydrogen-bond acceptors (Lipinski definition) is 6. The fraction of sp³-hybridized carbons (Fsp3) is 1.00. The molecule has 0 fully saturated rings. The molecule has 0 unspecified atom stereocenters. The van der Waals surface area contributed by atoms with E-state index in [1.807, 2.05) is 0 Å². The van der Waals surface area contributed by atoms with E-state index in [2.05, 4.69) is 0 Å². The Labute approximate surface area is 90.9 Å². The molecule has 0 amide bonds. The Morgan fingerprint density at radius 2 is 1.12 bits per heavy atom. The van der Waals surface area contributed by atoms with E-state index in [4.69, 9.17) is 10.2 Å². The first-order chi connectivity index (χ1) is 7.52. The van der Waals surface area contributed by atoms with Crippen LogP contribution in [0.1, 0.15) is 0 Å². The molecule has 94 valence electrons. The van der Waals surface area contributed by atoms with Gasteiger partial charge in [-0.25, -0.2) is 20.2 Å². The second-order valence-corrected chi connectivity index (χ2v) is 2.83. The number of hydrogen-bond donors (Lipinski definition) is 2. The SMILES string of the molecule is O=[N+]([O-])N(CCO)CCN(CCO)[N+](=O)[O-]. The van der Waals surface area contributed by atoms with Gasteiger partial charge in [0.25, 0.3) is 0 Å². The van der Waals surface area contributed by atoms with Crippen molar-refractivity contribution in [3.8, 4) is 0 Å². The fourth-order valence-electron chi connectivity index (χ4n) is 1.01. The van der Waals surface area contributed by atoms with Crippen molar-refractivity contribution >= 4 is 0 Å². The van der Waals surface area contributed by atoms with Crippen LogP contribution in [0, 0.1) is 20.2 Å². The molecule has 2 N–H and O–H groups in total. The highest BCUT2D eigenvalue weighted by molar-refractivity contribution is 4.50. The first kappa shape index (κ1) is 14.3. The molecule has 0 bridgehead atoms. The van der Waals surface area contributed by atoms with Crippen LogP contribution < -0.4 is 0 Å². The van der Waals surface area contributed by atoms with Gasteiger partial charge in [-0.2, -0.15) is 0 Å². The molecule has 10 heteroatoms. The summed E-state index contributed by atoms with van der Waals surface area (Å²) < 4.78 is 0. The van der Waals surface area contributed by atoms with Crippen molar-refractivity contribution in [3.63, 3.8) is 0 Å². The maximum Gasteiger partial charge on any atom is 0.160 e. The van der Waals surface area contributed by atoms with Crippen molar-refractivity contribution in [3.05, 3.63) is 20.2 Å². The standard InChI is InChI=1S/C6H14N4O6/c11-5-3-7(9(13)14)1-2-8(4-6-12)10(15)16/h11-12H,1-6H2. The van der Waals surface area contributed by atoms with Gasteiger partial charge in [-0.1, -0.05) is 0 Å². The average Bonchev–Trinajstić information content (AvgIpc) is 2.21. The number of hydrazine groups is 2. The molecule has 0 atom stereocenters. The summed E-state index contributed by atoms with van der Waals surface area (Å²) >= 11 is 0. The average molecular weight is 238 g/mol. The molecule has 0 heterocycles. The summed E-state index contributed by atoms with van der Waals surface area (Å²) in [5.41, 5.74) is 0. The molecule has 0 saturated carbocycles. The van der Waals surface area contributed by atoms with Crippen molar-refractivity contribution in [2.24, 2.45) is 0 Å². The lowest BCUT2D eigenvalue weighted by atomic mass is 10.5. The molecule has 0 aliphatic rings. The van der Waals surface area contributed by atoms with Gasteiger partial charge >= 0.3 is 0 Å². The first-order valence-corrected chi connectivity index (χ1v) is 4.53. The van der Waals surface area contributed by atoms with Gasteiger partial charge in [0, 0.05) is 0 Å². The van der Waals surface area contributed by atoms with Crippen molar-refractivity contribution in [2.75, 3.05) is 39.4 Å². The van der Waals surface area contributed by atoms with Crippen molar-refractivity contribution in [1.29, 1.82) is 0 Å². The minimum atomic E-state index is -0.729. The Morgan fingerprint density at radius 1 is 0.812 bits per heavy atom. The van der Waals surface area contributed by atoms with E-state index >= 15 is 0 Å². The summed E-state index contributed by atoms with van der Waals surface area (Å²) in [5, 5.41) is 37.8. The van der Waals surface area contributed by atoms with Crippen molar-refractivity contribution < 1.29 is 20.3 Å². The zero-order chi connectivity index (χ0) is 12.6. The van der Waals surface area contributed by atoms with Crippen LogP contribution in [-0.4, -0.2) is 69.7 Å². The molecule has 0 aromatic rings. The Morgan fingerprint density at radius 3 is 1.31 bits per heavy atom. The van der Waals surface area contributed by atoms with Crippen LogP contribution in [0.5, 0.6) is 0 Å². The van der Waals surface area contributed by atoms with E-state index in [1.165, 1.54) is 0 Å². The van der Waals surface area contributed by atoms with Crippen LogP contribution in [0.25, 0.3) is 0 Å². The lowest BCUT2D eigenvalue weighted by Crippen LogP contribution is -2.42. The van der Waals surface area contributed by atoms with Crippen molar-refractivity contribution in [2.45, 2.75) is 0 Å². The molecular weight excluding hydrogens is 224 g/mol. The van der Waals surface area contributed by atoms with Crippen LogP contribution in [0.2, 0.25) is 0 Å². The third-order valence-electron chi connectivity index (χ3n) is 1.79. The molecular formula is C6H14N4O6. The van der Waals surface area contributed by atoms with Gasteiger partial charge in [-0.15, -0.1) is 10.0 Å². The minimum Gasteiger partial charge on any atom is -0.394 e. The highest BCUT2D eigenvalue weighted by Crippen LogP contribution is 1.93. The van der Waals surface area contributed by atoms with Gasteiger partial charge < -0.3 is 10.2 Å². The summed E-state index contributed by atoms with van der Waals surface area (Å²) in [4.78, 5) is 20.8. The predicted molar refractivity (Wildman–Crippen MR) is 51.3 cm³/mol. The summed E-state index contributed by atoms with van der Waals surface area (Å²) in [5.74, 6) is 0. The quantitative estimate of drug-likeness (QED) is 0.346. The summed E-state index contributed by atoms with van der Waals surface area (Å²) in [7, 11) is 0. The van der Waals surface area contributed by atoms with Crippen LogP contribution in [0.15, 0.2) is 0 Å². The number of aliphatic hydroxyl groups is 2. The van der Waals surface area contributed by atoms with Crippen molar-refractivity contribution in [1.82, 2.24) is 10.0 Å². The second-order valence-electron chi connectivity index (χ2n) is 2.83. The number of nitro groups is 2. The first-order valence-electron chi connectivity index (χ1n) is 4.53. The van der Waals surface area contributed by atoms with E-state index in [-0.39, 0.29) is 26.2 Å². The Hall–Kier alpha value is -1.68. The number of nitrogens with zero attached hydrogens (tertiary/aromatic N) is 4. The van der Waals surface area contributed by atoms with Gasteiger partial charge in [0.2, 0.25) is 0 Å². The zero-order valence-electron chi connectivity index (χ0n) is 8.56. The molecule has 10 nitrogen and oxygen atoms in total. The number of rotatable bonds is 9. The number of aliphatic hydroxyl groups excluding tert-OH is 2. The lowest BCUT2D eigenvalue weighted by molar-refractivity contribution is -0.674. The lowest BCUT2D eigenvalue weighted by Gasteiger charge is -2.16. The fourth-order valence-corrected chi connectivity index (χ4v) is 1.01. The molecule has 0 saturated heterocycles. The predicted octanol–water partition coefficient (Wildman–Crippen LogP) is -2.04. The molecule has 0 radical (unpaired) electrons. The van der Waals surface area contributed by atoms with Crippen LogP contribution in [-0.2, 0) is 0 Å². The van der Waals surface area contributed by atoms with Crippen LogP contribution in [0.4, 0.5) is 0 Å². The van der Waals surface area contributed by atoms with Gasteiger partial charge in [0.05, 0.1) is 13.2 Å². The Balaban J connectivity index is 4.14. The topological polar surface area (TPSA) is 133 Å². The molecule has 0 aromatic carbocycles. The second kappa shape index (κ2) is 7.59. The van der Waals surface area contributed by atoms with Gasteiger partial charge in [0.1, 0.15) is 26.2 Å². The van der Waals surface area contributed by atoms with E-state index in [9.17, 15) is 20.2 Å². The van der Waals surface area contributed by atoms with Crippen LogP contribution >= 0.6 is 0 Å². The van der Waals surface area contributed by atoms with E-state index in [0.29, 0.717) is 10.0 Å². The normalized spacial score (nSPS) is 9.88. The third kappa shape index (κ3) is 5.26. The van der Waals surface area contributed by atoms with Gasteiger partial charge in [-0.3, -0.25) is 0 Å². The summed E-state index contributed by atoms with van der Waals surface area (Å²) in [6, 6.07) is 0. The zero-order valence-corrected chi connectivity index (χ0v) is 8.56. The van der Waals surface area contributed by atoms with E-state index in [1.54, 1.807) is 0 Å². The highest BCUT2D eigenvalue weighted by Gasteiger charge is 2.19. The monoisotopic (exact) mass is 238 g/mol. The third-order valence-corrected chi connectivity index (χ3v) is 1.79. The molecule has 0 aliphatic heterocycles. The maximum atomic E-state index is 10.4. The van der Waals surface area contributed by atoms with Crippen LogP contribution in [0.3, 0.4) is 0 Å². The molecule has 0 rings (SSSR count). The molecule has 16 heavy (non-hydrogen) atoms. The minimum absolute atomic E-state index is 0.197. The van der Waals surface area contributed by atoms with Gasteiger partial charge in [0.15, 0.2) is 10.1 Å². The molecule has 0 aromatic heterocycles. The largest absolute Gasteiger partial charge is 0.394 e. The van der Waals surface area contributed by atoms with E-state index in [0.717, 1.165) is 0 Å². The van der Waals surface area contributed by atoms with Gasteiger partial charge in [-0.05, 0) is 0 Å². The van der Waals surface area contributed by atoms with E-state index < -0.39 is 23.3 Å². The molecule has 0 spiro atoms.